The Morgan fingerprint density at radius 3 is 2.33 bits per heavy atom. The highest BCUT2D eigenvalue weighted by Crippen LogP contribution is 2.29. The molecule has 0 saturated carbocycles. The van der Waals surface area contributed by atoms with Gasteiger partial charge in [0, 0.05) is 5.56 Å². The van der Waals surface area contributed by atoms with Gasteiger partial charge in [0.25, 0.3) is 0 Å². The van der Waals surface area contributed by atoms with Crippen molar-refractivity contribution in [3.63, 3.8) is 0 Å². The molecule has 2 heteroatoms. The number of hydrogen-bond donors (Lipinski definition) is 0. The largest absolute Gasteiger partial charge is 0.436 e. The molecule has 2 aromatic carbocycles. The van der Waals surface area contributed by atoms with Crippen molar-refractivity contribution in [3.8, 4) is 11.5 Å². The first-order valence-corrected chi connectivity index (χ1v) is 7.48. The number of fused-ring (bicyclic) bond motifs is 1. The van der Waals surface area contributed by atoms with E-state index in [0.717, 1.165) is 23.1 Å². The standard InChI is InChI=1S/C19H21NO/c1-5-13-6-8-14(9-7-13)18-20-16-11-10-15(19(2,3)4)12-17(16)21-18/h6-12H,5H2,1-4H3. The van der Waals surface area contributed by atoms with Gasteiger partial charge in [0.05, 0.1) is 0 Å². The molecule has 108 valence electrons. The summed E-state index contributed by atoms with van der Waals surface area (Å²) in [6, 6.07) is 14.7. The first-order chi connectivity index (χ1) is 9.97. The molecule has 21 heavy (non-hydrogen) atoms. The fourth-order valence-electron chi connectivity index (χ4n) is 2.40. The number of aromatic nitrogens is 1. The van der Waals surface area contributed by atoms with Gasteiger partial charge >= 0.3 is 0 Å². The van der Waals surface area contributed by atoms with E-state index < -0.39 is 0 Å². The minimum Gasteiger partial charge on any atom is -0.436 e. The Morgan fingerprint density at radius 1 is 1.00 bits per heavy atom. The number of aryl methyl sites for hydroxylation is 1. The summed E-state index contributed by atoms with van der Waals surface area (Å²) >= 11 is 0. The van der Waals surface area contributed by atoms with Crippen LogP contribution in [-0.2, 0) is 11.8 Å². The van der Waals surface area contributed by atoms with Crippen LogP contribution in [0.5, 0.6) is 0 Å². The molecule has 2 nitrogen and oxygen atoms in total. The lowest BCUT2D eigenvalue weighted by Gasteiger charge is -2.18. The number of rotatable bonds is 2. The number of benzene rings is 2. The summed E-state index contributed by atoms with van der Waals surface area (Å²) in [7, 11) is 0. The zero-order valence-corrected chi connectivity index (χ0v) is 13.1. The molecule has 0 unspecified atom stereocenters. The molecule has 0 aliphatic heterocycles. The van der Waals surface area contributed by atoms with Gasteiger partial charge in [-0.2, -0.15) is 0 Å². The SMILES string of the molecule is CCc1ccc(-c2nc3ccc(C(C)(C)C)cc3o2)cc1. The van der Waals surface area contributed by atoms with Crippen molar-refractivity contribution in [1.82, 2.24) is 4.98 Å². The highest BCUT2D eigenvalue weighted by Gasteiger charge is 2.16. The van der Waals surface area contributed by atoms with Crippen LogP contribution in [0.4, 0.5) is 0 Å². The summed E-state index contributed by atoms with van der Waals surface area (Å²) in [4.78, 5) is 4.59. The maximum Gasteiger partial charge on any atom is 0.227 e. The van der Waals surface area contributed by atoms with Gasteiger partial charge in [-0.25, -0.2) is 4.98 Å². The molecular weight excluding hydrogens is 258 g/mol. The fraction of sp³-hybridized carbons (Fsp3) is 0.316. The maximum atomic E-state index is 5.95. The van der Waals surface area contributed by atoms with Crippen molar-refractivity contribution < 1.29 is 4.42 Å². The summed E-state index contributed by atoms with van der Waals surface area (Å²) in [5.41, 5.74) is 5.50. The Balaban J connectivity index is 2.04. The molecular formula is C19H21NO. The van der Waals surface area contributed by atoms with Gasteiger partial charge in [-0.15, -0.1) is 0 Å². The fourth-order valence-corrected chi connectivity index (χ4v) is 2.40. The summed E-state index contributed by atoms with van der Waals surface area (Å²) in [6.45, 7) is 8.77. The number of nitrogens with zero attached hydrogens (tertiary/aromatic N) is 1. The average Bonchev–Trinajstić information content (AvgIpc) is 2.89. The van der Waals surface area contributed by atoms with Gasteiger partial charge in [0.15, 0.2) is 5.58 Å². The second-order valence-corrected chi connectivity index (χ2v) is 6.50. The molecule has 0 bridgehead atoms. The maximum absolute atomic E-state index is 5.95. The van der Waals surface area contributed by atoms with Crippen LogP contribution >= 0.6 is 0 Å². The minimum atomic E-state index is 0.115. The highest BCUT2D eigenvalue weighted by molar-refractivity contribution is 5.77. The van der Waals surface area contributed by atoms with Crippen molar-refractivity contribution in [2.45, 2.75) is 39.5 Å². The lowest BCUT2D eigenvalue weighted by molar-refractivity contribution is 0.584. The normalized spacial score (nSPS) is 12.0. The van der Waals surface area contributed by atoms with Crippen molar-refractivity contribution >= 4 is 11.1 Å². The molecule has 0 aliphatic carbocycles. The molecule has 0 fully saturated rings. The Kier molecular flexibility index (Phi) is 3.32. The molecule has 0 atom stereocenters. The lowest BCUT2D eigenvalue weighted by atomic mass is 9.87. The first kappa shape index (κ1) is 13.9. The smallest absolute Gasteiger partial charge is 0.227 e. The molecule has 0 spiro atoms. The quantitative estimate of drug-likeness (QED) is 0.631. The van der Waals surface area contributed by atoms with Gasteiger partial charge in [0.1, 0.15) is 5.52 Å². The Bertz CT molecular complexity index is 760. The Morgan fingerprint density at radius 2 is 1.71 bits per heavy atom. The van der Waals surface area contributed by atoms with E-state index in [0.29, 0.717) is 5.89 Å². The van der Waals surface area contributed by atoms with E-state index in [-0.39, 0.29) is 5.41 Å². The topological polar surface area (TPSA) is 26.0 Å². The van der Waals surface area contributed by atoms with Gasteiger partial charge in [0.2, 0.25) is 5.89 Å². The Labute approximate surface area is 125 Å². The van der Waals surface area contributed by atoms with Crippen LogP contribution in [0.2, 0.25) is 0 Å². The molecule has 0 N–H and O–H groups in total. The molecule has 1 heterocycles. The number of oxazole rings is 1. The predicted molar refractivity (Wildman–Crippen MR) is 87.5 cm³/mol. The number of hydrogen-bond acceptors (Lipinski definition) is 2. The van der Waals surface area contributed by atoms with Gasteiger partial charge in [-0.05, 0) is 47.2 Å². The predicted octanol–water partition coefficient (Wildman–Crippen LogP) is 5.35. The third-order valence-corrected chi connectivity index (χ3v) is 3.86. The zero-order valence-electron chi connectivity index (χ0n) is 13.1. The van der Waals surface area contributed by atoms with Gasteiger partial charge in [-0.1, -0.05) is 45.9 Å². The third kappa shape index (κ3) is 2.71. The highest BCUT2D eigenvalue weighted by atomic mass is 16.3. The van der Waals surface area contributed by atoms with E-state index >= 15 is 0 Å². The van der Waals surface area contributed by atoms with Crippen LogP contribution in [0.15, 0.2) is 46.9 Å². The van der Waals surface area contributed by atoms with Gasteiger partial charge < -0.3 is 4.42 Å². The molecule has 3 aromatic rings. The van der Waals surface area contributed by atoms with Crippen molar-refractivity contribution in [1.29, 1.82) is 0 Å². The van der Waals surface area contributed by atoms with E-state index in [1.165, 1.54) is 11.1 Å². The van der Waals surface area contributed by atoms with Crippen LogP contribution in [0.25, 0.3) is 22.6 Å². The monoisotopic (exact) mass is 279 g/mol. The molecule has 1 aromatic heterocycles. The summed E-state index contributed by atoms with van der Waals surface area (Å²) < 4.78 is 5.95. The van der Waals surface area contributed by atoms with Crippen molar-refractivity contribution in [2.75, 3.05) is 0 Å². The van der Waals surface area contributed by atoms with Crippen molar-refractivity contribution in [3.05, 3.63) is 53.6 Å². The van der Waals surface area contributed by atoms with E-state index in [9.17, 15) is 0 Å². The summed E-state index contributed by atoms with van der Waals surface area (Å²) in [6.07, 6.45) is 1.04. The second-order valence-electron chi connectivity index (χ2n) is 6.50. The van der Waals surface area contributed by atoms with Crippen LogP contribution in [-0.4, -0.2) is 4.98 Å². The van der Waals surface area contributed by atoms with Crippen LogP contribution < -0.4 is 0 Å². The van der Waals surface area contributed by atoms with Crippen LogP contribution in [0, 0.1) is 0 Å². The van der Waals surface area contributed by atoms with E-state index in [1.807, 2.05) is 6.07 Å². The summed E-state index contributed by atoms with van der Waals surface area (Å²) in [5.74, 6) is 0.693. The minimum absolute atomic E-state index is 0.115. The molecule has 3 rings (SSSR count). The lowest BCUT2D eigenvalue weighted by Crippen LogP contribution is -2.10. The zero-order chi connectivity index (χ0) is 15.0. The van der Waals surface area contributed by atoms with E-state index in [2.05, 4.69) is 69.1 Å². The van der Waals surface area contributed by atoms with Gasteiger partial charge in [-0.3, -0.25) is 0 Å². The average molecular weight is 279 g/mol. The molecule has 0 radical (unpaired) electrons. The van der Waals surface area contributed by atoms with E-state index in [4.69, 9.17) is 4.42 Å². The second kappa shape index (κ2) is 5.03. The Hall–Kier alpha value is -2.09. The third-order valence-electron chi connectivity index (χ3n) is 3.86. The van der Waals surface area contributed by atoms with E-state index in [1.54, 1.807) is 0 Å². The summed E-state index contributed by atoms with van der Waals surface area (Å²) in [5, 5.41) is 0. The molecule has 0 saturated heterocycles. The molecule has 0 aliphatic rings. The van der Waals surface area contributed by atoms with Crippen LogP contribution in [0.3, 0.4) is 0 Å². The molecule has 0 amide bonds. The van der Waals surface area contributed by atoms with Crippen LogP contribution in [0.1, 0.15) is 38.8 Å². The van der Waals surface area contributed by atoms with Crippen molar-refractivity contribution in [2.24, 2.45) is 0 Å². The first-order valence-electron chi connectivity index (χ1n) is 7.48.